The smallest absolute Gasteiger partial charge is 0.0637 e. The molecular formula is C13H26N2O. The van der Waals surface area contributed by atoms with E-state index in [1.54, 1.807) is 0 Å². The first-order valence-corrected chi connectivity index (χ1v) is 6.84. The first-order chi connectivity index (χ1) is 7.85. The maximum atomic E-state index is 5.64. The Balaban J connectivity index is 1.86. The Labute approximate surface area is 99.5 Å². The lowest BCUT2D eigenvalue weighted by molar-refractivity contribution is -0.0133. The van der Waals surface area contributed by atoms with Crippen LogP contribution >= 0.6 is 0 Å². The van der Waals surface area contributed by atoms with Crippen molar-refractivity contribution in [1.82, 2.24) is 10.2 Å². The van der Waals surface area contributed by atoms with Gasteiger partial charge in [0.1, 0.15) is 0 Å². The number of likely N-dealkylation sites (N-methyl/N-ethyl adjacent to an activating group) is 1. The highest BCUT2D eigenvalue weighted by molar-refractivity contribution is 4.88. The van der Waals surface area contributed by atoms with Gasteiger partial charge in [-0.1, -0.05) is 13.3 Å². The Morgan fingerprint density at radius 3 is 2.62 bits per heavy atom. The van der Waals surface area contributed by atoms with Crippen LogP contribution in [-0.4, -0.2) is 50.3 Å². The molecule has 2 rings (SSSR count). The lowest BCUT2D eigenvalue weighted by Crippen LogP contribution is -2.56. The average Bonchev–Trinajstić information content (AvgIpc) is 2.39. The summed E-state index contributed by atoms with van der Waals surface area (Å²) in [7, 11) is 2.09. The summed E-state index contributed by atoms with van der Waals surface area (Å²) in [5.74, 6) is 0.966. The Morgan fingerprint density at radius 2 is 2.00 bits per heavy atom. The molecule has 0 amide bonds. The van der Waals surface area contributed by atoms with Gasteiger partial charge in [0.15, 0.2) is 0 Å². The zero-order valence-corrected chi connectivity index (χ0v) is 10.7. The molecule has 3 heteroatoms. The third-order valence-electron chi connectivity index (χ3n) is 4.39. The molecule has 0 aromatic rings. The molecule has 0 bridgehead atoms. The molecule has 2 saturated heterocycles. The van der Waals surface area contributed by atoms with Gasteiger partial charge in [0.25, 0.3) is 0 Å². The SMILES string of the molecule is CCC1CCN(C2COCCC2NC)CC1. The van der Waals surface area contributed by atoms with Gasteiger partial charge in [0, 0.05) is 18.7 Å². The van der Waals surface area contributed by atoms with E-state index in [0.29, 0.717) is 12.1 Å². The molecule has 0 radical (unpaired) electrons. The van der Waals surface area contributed by atoms with Crippen LogP contribution in [-0.2, 0) is 4.74 Å². The van der Waals surface area contributed by atoms with Crippen LogP contribution in [0.2, 0.25) is 0 Å². The molecule has 3 nitrogen and oxygen atoms in total. The predicted octanol–water partition coefficient (Wildman–Crippen LogP) is 1.49. The van der Waals surface area contributed by atoms with Gasteiger partial charge in [-0.2, -0.15) is 0 Å². The van der Waals surface area contributed by atoms with Crippen molar-refractivity contribution >= 4 is 0 Å². The van der Waals surface area contributed by atoms with Crippen molar-refractivity contribution in [3.63, 3.8) is 0 Å². The van der Waals surface area contributed by atoms with E-state index in [1.807, 2.05) is 0 Å². The first kappa shape index (κ1) is 12.3. The van der Waals surface area contributed by atoms with Crippen LogP contribution in [0.3, 0.4) is 0 Å². The number of rotatable bonds is 3. The first-order valence-electron chi connectivity index (χ1n) is 6.84. The van der Waals surface area contributed by atoms with E-state index in [-0.39, 0.29) is 0 Å². The summed E-state index contributed by atoms with van der Waals surface area (Å²) in [5.41, 5.74) is 0. The number of hydrogen-bond donors (Lipinski definition) is 1. The third kappa shape index (κ3) is 2.76. The molecule has 0 spiro atoms. The molecule has 16 heavy (non-hydrogen) atoms. The van der Waals surface area contributed by atoms with E-state index in [4.69, 9.17) is 4.74 Å². The summed E-state index contributed by atoms with van der Waals surface area (Å²) in [6.07, 6.45) is 5.27. The van der Waals surface area contributed by atoms with Gasteiger partial charge in [-0.3, -0.25) is 4.90 Å². The largest absolute Gasteiger partial charge is 0.380 e. The zero-order chi connectivity index (χ0) is 11.4. The van der Waals surface area contributed by atoms with Gasteiger partial charge in [-0.05, 0) is 45.3 Å². The Kier molecular flexibility index (Phi) is 4.62. The Bertz CT molecular complexity index is 202. The molecule has 1 N–H and O–H groups in total. The number of piperidine rings is 1. The summed E-state index contributed by atoms with van der Waals surface area (Å²) < 4.78 is 5.64. The maximum absolute atomic E-state index is 5.64. The molecular weight excluding hydrogens is 200 g/mol. The van der Waals surface area contributed by atoms with Gasteiger partial charge in [-0.25, -0.2) is 0 Å². The van der Waals surface area contributed by atoms with Gasteiger partial charge < -0.3 is 10.1 Å². The van der Waals surface area contributed by atoms with Crippen LogP contribution in [0, 0.1) is 5.92 Å². The lowest BCUT2D eigenvalue weighted by Gasteiger charge is -2.42. The number of likely N-dealkylation sites (tertiary alicyclic amines) is 1. The van der Waals surface area contributed by atoms with Crippen LogP contribution < -0.4 is 5.32 Å². The zero-order valence-electron chi connectivity index (χ0n) is 10.7. The van der Waals surface area contributed by atoms with Crippen LogP contribution in [0.15, 0.2) is 0 Å². The fourth-order valence-corrected chi connectivity index (χ4v) is 3.11. The van der Waals surface area contributed by atoms with Crippen molar-refractivity contribution in [3.05, 3.63) is 0 Å². The van der Waals surface area contributed by atoms with Crippen molar-refractivity contribution < 1.29 is 4.74 Å². The highest BCUT2D eigenvalue weighted by Gasteiger charge is 2.31. The number of nitrogens with zero attached hydrogens (tertiary/aromatic N) is 1. The van der Waals surface area contributed by atoms with Crippen LogP contribution in [0.25, 0.3) is 0 Å². The van der Waals surface area contributed by atoms with E-state index < -0.39 is 0 Å². The fraction of sp³-hybridized carbons (Fsp3) is 1.00. The molecule has 2 atom stereocenters. The van der Waals surface area contributed by atoms with E-state index in [9.17, 15) is 0 Å². The average molecular weight is 226 g/mol. The van der Waals surface area contributed by atoms with Crippen molar-refractivity contribution in [2.24, 2.45) is 5.92 Å². The second-order valence-electron chi connectivity index (χ2n) is 5.21. The minimum atomic E-state index is 0.608. The van der Waals surface area contributed by atoms with E-state index in [0.717, 1.165) is 25.6 Å². The molecule has 2 aliphatic rings. The summed E-state index contributed by atoms with van der Waals surface area (Å²) in [5, 5.41) is 3.45. The van der Waals surface area contributed by atoms with Gasteiger partial charge >= 0.3 is 0 Å². The number of nitrogens with one attached hydrogen (secondary N) is 1. The van der Waals surface area contributed by atoms with E-state index in [2.05, 4.69) is 24.2 Å². The monoisotopic (exact) mass is 226 g/mol. The van der Waals surface area contributed by atoms with Crippen molar-refractivity contribution in [2.45, 2.75) is 44.7 Å². The molecule has 94 valence electrons. The molecule has 0 aliphatic carbocycles. The normalized spacial score (nSPS) is 34.1. The highest BCUT2D eigenvalue weighted by Crippen LogP contribution is 2.24. The van der Waals surface area contributed by atoms with Gasteiger partial charge in [0.2, 0.25) is 0 Å². The molecule has 0 aromatic carbocycles. The van der Waals surface area contributed by atoms with E-state index in [1.165, 1.54) is 32.4 Å². The second kappa shape index (κ2) is 5.99. The molecule has 0 aromatic heterocycles. The highest BCUT2D eigenvalue weighted by atomic mass is 16.5. The second-order valence-corrected chi connectivity index (χ2v) is 5.21. The third-order valence-corrected chi connectivity index (χ3v) is 4.39. The van der Waals surface area contributed by atoms with Crippen LogP contribution in [0.4, 0.5) is 0 Å². The summed E-state index contributed by atoms with van der Waals surface area (Å²) in [6.45, 7) is 6.70. The predicted molar refractivity (Wildman–Crippen MR) is 66.7 cm³/mol. The van der Waals surface area contributed by atoms with Crippen molar-refractivity contribution in [2.75, 3.05) is 33.4 Å². The topological polar surface area (TPSA) is 24.5 Å². The van der Waals surface area contributed by atoms with Gasteiger partial charge in [0.05, 0.1) is 6.61 Å². The van der Waals surface area contributed by atoms with Crippen LogP contribution in [0.5, 0.6) is 0 Å². The van der Waals surface area contributed by atoms with Crippen LogP contribution in [0.1, 0.15) is 32.6 Å². The minimum Gasteiger partial charge on any atom is -0.380 e. The standard InChI is InChI=1S/C13H26N2O/c1-3-11-4-7-15(8-5-11)13-10-16-9-6-12(13)14-2/h11-14H,3-10H2,1-2H3. The van der Waals surface area contributed by atoms with Crippen molar-refractivity contribution in [3.8, 4) is 0 Å². The van der Waals surface area contributed by atoms with Crippen molar-refractivity contribution in [1.29, 1.82) is 0 Å². The number of hydrogen-bond acceptors (Lipinski definition) is 3. The molecule has 2 fully saturated rings. The quantitative estimate of drug-likeness (QED) is 0.789. The van der Waals surface area contributed by atoms with E-state index >= 15 is 0 Å². The summed E-state index contributed by atoms with van der Waals surface area (Å²) >= 11 is 0. The maximum Gasteiger partial charge on any atom is 0.0637 e. The molecule has 0 saturated carbocycles. The fourth-order valence-electron chi connectivity index (χ4n) is 3.11. The number of ether oxygens (including phenoxy) is 1. The summed E-state index contributed by atoms with van der Waals surface area (Å²) in [6, 6.07) is 1.24. The lowest BCUT2D eigenvalue weighted by atomic mass is 9.91. The molecule has 2 heterocycles. The van der Waals surface area contributed by atoms with Gasteiger partial charge in [-0.15, -0.1) is 0 Å². The molecule has 2 unspecified atom stereocenters. The Morgan fingerprint density at radius 1 is 1.25 bits per heavy atom. The minimum absolute atomic E-state index is 0.608. The summed E-state index contributed by atoms with van der Waals surface area (Å²) in [4.78, 5) is 2.65. The Hall–Kier alpha value is -0.120. The molecule has 2 aliphatic heterocycles.